The third-order valence-corrected chi connectivity index (χ3v) is 4.52. The number of carboxylic acids is 1. The van der Waals surface area contributed by atoms with Crippen LogP contribution >= 0.6 is 0 Å². The predicted octanol–water partition coefficient (Wildman–Crippen LogP) is 2.61. The van der Waals surface area contributed by atoms with Gasteiger partial charge in [-0.05, 0) is 43.7 Å². The summed E-state index contributed by atoms with van der Waals surface area (Å²) in [6, 6.07) is 8.08. The number of aromatic nitrogens is 1. The number of aliphatic carboxylic acids is 1. The zero-order valence-corrected chi connectivity index (χ0v) is 12.4. The molecule has 1 saturated carbocycles. The van der Waals surface area contributed by atoms with Crippen molar-refractivity contribution in [1.82, 2.24) is 10.3 Å². The lowest BCUT2D eigenvalue weighted by atomic mass is 9.76. The van der Waals surface area contributed by atoms with Crippen molar-refractivity contribution in [2.75, 3.05) is 0 Å². The number of aryl methyl sites for hydroxylation is 1. The molecule has 2 aromatic rings. The number of hydrogen-bond acceptors (Lipinski definition) is 2. The second-order valence-corrected chi connectivity index (χ2v) is 6.00. The molecule has 1 aliphatic rings. The molecule has 1 aromatic carbocycles. The number of carbonyl (C=O) groups is 2. The van der Waals surface area contributed by atoms with E-state index >= 15 is 0 Å². The van der Waals surface area contributed by atoms with Crippen LogP contribution in [0.2, 0.25) is 0 Å². The van der Waals surface area contributed by atoms with Gasteiger partial charge in [0.15, 0.2) is 0 Å². The molecule has 3 rings (SSSR count). The highest BCUT2D eigenvalue weighted by Crippen LogP contribution is 2.32. The fraction of sp³-hybridized carbons (Fsp3) is 0.412. The number of H-pyrrole nitrogens is 1. The summed E-state index contributed by atoms with van der Waals surface area (Å²) in [5, 5.41) is 13.1. The third kappa shape index (κ3) is 2.71. The van der Waals surface area contributed by atoms with Crippen LogP contribution < -0.4 is 5.32 Å². The lowest BCUT2D eigenvalue weighted by Crippen LogP contribution is -2.59. The van der Waals surface area contributed by atoms with E-state index in [0.717, 1.165) is 18.4 Å². The zero-order valence-electron chi connectivity index (χ0n) is 12.4. The Morgan fingerprint density at radius 1 is 1.27 bits per heavy atom. The molecule has 116 valence electrons. The summed E-state index contributed by atoms with van der Waals surface area (Å²) in [6.45, 7) is 0. The summed E-state index contributed by atoms with van der Waals surface area (Å²) in [5.41, 5.74) is 1.29. The highest BCUT2D eigenvalue weighted by Gasteiger charge is 2.45. The molecule has 0 radical (unpaired) electrons. The van der Waals surface area contributed by atoms with Crippen molar-refractivity contribution in [3.05, 3.63) is 36.0 Å². The van der Waals surface area contributed by atoms with Crippen molar-refractivity contribution < 1.29 is 14.7 Å². The van der Waals surface area contributed by atoms with E-state index in [0.29, 0.717) is 25.7 Å². The molecule has 0 unspecified atom stereocenters. The number of fused-ring (bicyclic) bond motifs is 1. The van der Waals surface area contributed by atoms with Crippen molar-refractivity contribution in [2.24, 2.45) is 0 Å². The number of carboxylic acid groups (broad SMARTS) is 1. The van der Waals surface area contributed by atoms with Crippen molar-refractivity contribution in [3.8, 4) is 0 Å². The summed E-state index contributed by atoms with van der Waals surface area (Å²) in [6.07, 6.45) is 5.79. The van der Waals surface area contributed by atoms with Crippen LogP contribution in [0.3, 0.4) is 0 Å². The zero-order chi connectivity index (χ0) is 15.6. The van der Waals surface area contributed by atoms with Crippen LogP contribution in [0.15, 0.2) is 30.5 Å². The van der Waals surface area contributed by atoms with Gasteiger partial charge in [0.25, 0.3) is 0 Å². The van der Waals surface area contributed by atoms with Gasteiger partial charge in [0.2, 0.25) is 5.91 Å². The molecule has 1 amide bonds. The van der Waals surface area contributed by atoms with E-state index in [2.05, 4.69) is 16.4 Å². The molecule has 0 atom stereocenters. The maximum absolute atomic E-state index is 12.0. The Morgan fingerprint density at radius 3 is 2.73 bits per heavy atom. The summed E-state index contributed by atoms with van der Waals surface area (Å²) >= 11 is 0. The first kappa shape index (κ1) is 14.6. The first-order valence-corrected chi connectivity index (χ1v) is 7.70. The maximum Gasteiger partial charge on any atom is 0.329 e. The Balaban J connectivity index is 1.53. The number of nitrogens with one attached hydrogen (secondary N) is 2. The molecule has 5 heteroatoms. The fourth-order valence-electron chi connectivity index (χ4n) is 3.03. The first-order valence-electron chi connectivity index (χ1n) is 7.70. The Hall–Kier alpha value is -2.30. The van der Waals surface area contributed by atoms with Gasteiger partial charge >= 0.3 is 5.97 Å². The minimum atomic E-state index is -1.00. The van der Waals surface area contributed by atoms with Crippen molar-refractivity contribution >= 4 is 22.8 Å². The van der Waals surface area contributed by atoms with Gasteiger partial charge in [-0.3, -0.25) is 4.79 Å². The summed E-state index contributed by atoms with van der Waals surface area (Å²) < 4.78 is 0. The quantitative estimate of drug-likeness (QED) is 0.767. The van der Waals surface area contributed by atoms with Gasteiger partial charge in [0.05, 0.1) is 0 Å². The Bertz CT molecular complexity index is 701. The normalized spacial score (nSPS) is 16.2. The molecule has 1 aliphatic carbocycles. The van der Waals surface area contributed by atoms with Crippen LogP contribution in [-0.4, -0.2) is 27.5 Å². The van der Waals surface area contributed by atoms with Gasteiger partial charge in [0, 0.05) is 23.5 Å². The molecule has 5 nitrogen and oxygen atoms in total. The molecular formula is C17H20N2O3. The minimum absolute atomic E-state index is 0.165. The first-order chi connectivity index (χ1) is 10.6. The third-order valence-electron chi connectivity index (χ3n) is 4.52. The number of aromatic amines is 1. The van der Waals surface area contributed by atoms with E-state index in [4.69, 9.17) is 0 Å². The number of carbonyl (C=O) groups excluding carboxylic acids is 1. The van der Waals surface area contributed by atoms with Crippen LogP contribution in [0.25, 0.3) is 10.9 Å². The van der Waals surface area contributed by atoms with E-state index in [1.807, 2.05) is 24.4 Å². The molecule has 0 bridgehead atoms. The molecule has 3 N–H and O–H groups in total. The molecule has 1 fully saturated rings. The highest BCUT2D eigenvalue weighted by molar-refractivity contribution is 5.88. The number of benzene rings is 1. The van der Waals surface area contributed by atoms with Gasteiger partial charge < -0.3 is 15.4 Å². The lowest BCUT2D eigenvalue weighted by molar-refractivity contribution is -0.151. The van der Waals surface area contributed by atoms with E-state index in [1.54, 1.807) is 0 Å². The average molecular weight is 300 g/mol. The minimum Gasteiger partial charge on any atom is -0.480 e. The molecule has 0 spiro atoms. The standard InChI is InChI=1S/C17H20N2O3/c20-15(19-17(16(21)22)9-4-10-17)8-3-5-12-11-18-14-7-2-1-6-13(12)14/h1-2,6-7,11,18H,3-5,8-10H2,(H,19,20)(H,21,22). The predicted molar refractivity (Wildman–Crippen MR) is 83.6 cm³/mol. The largest absolute Gasteiger partial charge is 0.480 e. The van der Waals surface area contributed by atoms with Crippen molar-refractivity contribution in [2.45, 2.75) is 44.1 Å². The van der Waals surface area contributed by atoms with Crippen molar-refractivity contribution in [1.29, 1.82) is 0 Å². The van der Waals surface area contributed by atoms with E-state index < -0.39 is 11.5 Å². The number of hydrogen-bond donors (Lipinski definition) is 3. The van der Waals surface area contributed by atoms with Crippen LogP contribution in [0, 0.1) is 0 Å². The van der Waals surface area contributed by atoms with E-state index in [1.165, 1.54) is 10.9 Å². The summed E-state index contributed by atoms with van der Waals surface area (Å²) in [7, 11) is 0. The van der Waals surface area contributed by atoms with Gasteiger partial charge in [-0.15, -0.1) is 0 Å². The molecule has 0 aliphatic heterocycles. The SMILES string of the molecule is O=C(CCCc1c[nH]c2ccccc12)NC1(C(=O)O)CCC1. The average Bonchev–Trinajstić information content (AvgIpc) is 2.86. The maximum atomic E-state index is 12.0. The number of para-hydroxylation sites is 1. The monoisotopic (exact) mass is 300 g/mol. The highest BCUT2D eigenvalue weighted by atomic mass is 16.4. The molecular weight excluding hydrogens is 280 g/mol. The van der Waals surface area contributed by atoms with Crippen LogP contribution in [0.5, 0.6) is 0 Å². The molecule has 1 heterocycles. The van der Waals surface area contributed by atoms with Crippen molar-refractivity contribution in [3.63, 3.8) is 0 Å². The number of rotatable bonds is 6. The molecule has 22 heavy (non-hydrogen) atoms. The van der Waals surface area contributed by atoms with Crippen LogP contribution in [0.1, 0.15) is 37.7 Å². The van der Waals surface area contributed by atoms with Gasteiger partial charge in [0.1, 0.15) is 5.54 Å². The lowest BCUT2D eigenvalue weighted by Gasteiger charge is -2.38. The van der Waals surface area contributed by atoms with Crippen LogP contribution in [0.4, 0.5) is 0 Å². The Morgan fingerprint density at radius 2 is 2.05 bits per heavy atom. The van der Waals surface area contributed by atoms with Gasteiger partial charge in [-0.25, -0.2) is 4.79 Å². The van der Waals surface area contributed by atoms with Gasteiger partial charge in [-0.1, -0.05) is 18.2 Å². The van der Waals surface area contributed by atoms with Crippen LogP contribution in [-0.2, 0) is 16.0 Å². The Kier molecular flexibility index (Phi) is 3.88. The fourth-order valence-corrected chi connectivity index (χ4v) is 3.03. The van der Waals surface area contributed by atoms with Gasteiger partial charge in [-0.2, -0.15) is 0 Å². The molecule has 0 saturated heterocycles. The summed E-state index contributed by atoms with van der Waals surface area (Å²) in [4.78, 5) is 26.4. The summed E-state index contributed by atoms with van der Waals surface area (Å²) in [5.74, 6) is -1.08. The number of amides is 1. The molecule has 1 aromatic heterocycles. The van der Waals surface area contributed by atoms with E-state index in [9.17, 15) is 14.7 Å². The second kappa shape index (κ2) is 5.83. The second-order valence-electron chi connectivity index (χ2n) is 6.00. The van der Waals surface area contributed by atoms with E-state index in [-0.39, 0.29) is 5.91 Å². The smallest absolute Gasteiger partial charge is 0.329 e. The Labute approximate surface area is 128 Å². The topological polar surface area (TPSA) is 82.2 Å².